The number of hydrogen-bond donors (Lipinski definition) is 3. The van der Waals surface area contributed by atoms with Gasteiger partial charge in [0.05, 0.1) is 11.9 Å². The first-order valence-electron chi connectivity index (χ1n) is 5.23. The van der Waals surface area contributed by atoms with E-state index in [-0.39, 0.29) is 5.03 Å². The SMILES string of the molecule is CNCc1ccc(S(=O)(=O)Nc2cn[nH]c2)nc1. The van der Waals surface area contributed by atoms with Crippen molar-refractivity contribution in [3.8, 4) is 0 Å². The summed E-state index contributed by atoms with van der Waals surface area (Å²) in [6.07, 6.45) is 4.36. The third-order valence-electron chi connectivity index (χ3n) is 2.20. The van der Waals surface area contributed by atoms with Crippen LogP contribution in [-0.2, 0) is 16.6 Å². The highest BCUT2D eigenvalue weighted by molar-refractivity contribution is 7.92. The summed E-state index contributed by atoms with van der Waals surface area (Å²) in [7, 11) is -1.85. The normalized spacial score (nSPS) is 11.4. The lowest BCUT2D eigenvalue weighted by Crippen LogP contribution is -2.14. The summed E-state index contributed by atoms with van der Waals surface area (Å²) in [5, 5.41) is 9.12. The molecule has 2 aromatic rings. The predicted molar refractivity (Wildman–Crippen MR) is 66.4 cm³/mol. The number of pyridine rings is 1. The van der Waals surface area contributed by atoms with Gasteiger partial charge >= 0.3 is 0 Å². The van der Waals surface area contributed by atoms with Crippen molar-refractivity contribution in [1.29, 1.82) is 0 Å². The molecule has 0 aliphatic rings. The lowest BCUT2D eigenvalue weighted by atomic mass is 10.3. The molecule has 2 rings (SSSR count). The fraction of sp³-hybridized carbons (Fsp3) is 0.200. The second-order valence-electron chi connectivity index (χ2n) is 3.63. The first-order chi connectivity index (χ1) is 8.62. The number of sulfonamides is 1. The molecule has 0 unspecified atom stereocenters. The molecule has 2 heterocycles. The molecule has 0 aliphatic heterocycles. The summed E-state index contributed by atoms with van der Waals surface area (Å²) in [5.41, 5.74) is 1.29. The number of aromatic nitrogens is 3. The van der Waals surface area contributed by atoms with Gasteiger partial charge in [-0.3, -0.25) is 9.82 Å². The molecular weight excluding hydrogens is 254 g/mol. The third kappa shape index (κ3) is 2.84. The minimum atomic E-state index is -3.66. The first-order valence-corrected chi connectivity index (χ1v) is 6.71. The fourth-order valence-electron chi connectivity index (χ4n) is 1.39. The molecule has 7 nitrogen and oxygen atoms in total. The van der Waals surface area contributed by atoms with Crippen LogP contribution < -0.4 is 10.0 Å². The maximum atomic E-state index is 11.9. The van der Waals surface area contributed by atoms with Gasteiger partial charge in [0, 0.05) is 18.9 Å². The van der Waals surface area contributed by atoms with Crippen LogP contribution in [0.1, 0.15) is 5.56 Å². The Bertz CT molecular complexity index is 592. The number of rotatable bonds is 5. The number of nitrogens with zero attached hydrogens (tertiary/aromatic N) is 2. The molecule has 3 N–H and O–H groups in total. The van der Waals surface area contributed by atoms with Crippen LogP contribution in [0, 0.1) is 0 Å². The molecule has 0 spiro atoms. The molecule has 2 aromatic heterocycles. The monoisotopic (exact) mass is 267 g/mol. The number of anilines is 1. The zero-order valence-electron chi connectivity index (χ0n) is 9.71. The molecular formula is C10H13N5O2S. The molecule has 0 fully saturated rings. The molecule has 0 atom stereocenters. The van der Waals surface area contributed by atoms with Gasteiger partial charge in [-0.05, 0) is 18.7 Å². The second-order valence-corrected chi connectivity index (χ2v) is 5.26. The highest BCUT2D eigenvalue weighted by Gasteiger charge is 2.15. The minimum Gasteiger partial charge on any atom is -0.316 e. The van der Waals surface area contributed by atoms with E-state index in [1.807, 2.05) is 7.05 Å². The molecule has 0 saturated heterocycles. The van der Waals surface area contributed by atoms with Crippen LogP contribution in [0.25, 0.3) is 0 Å². The fourth-order valence-corrected chi connectivity index (χ4v) is 2.36. The van der Waals surface area contributed by atoms with Gasteiger partial charge in [-0.1, -0.05) is 6.07 Å². The molecule has 18 heavy (non-hydrogen) atoms. The van der Waals surface area contributed by atoms with Gasteiger partial charge in [0.25, 0.3) is 10.0 Å². The van der Waals surface area contributed by atoms with Crippen molar-refractivity contribution >= 4 is 15.7 Å². The lowest BCUT2D eigenvalue weighted by molar-refractivity contribution is 0.597. The Kier molecular flexibility index (Phi) is 3.58. The van der Waals surface area contributed by atoms with Gasteiger partial charge in [-0.15, -0.1) is 0 Å². The number of aromatic amines is 1. The molecule has 0 aliphatic carbocycles. The number of hydrogen-bond acceptors (Lipinski definition) is 5. The largest absolute Gasteiger partial charge is 0.316 e. The summed E-state index contributed by atoms with van der Waals surface area (Å²) in [4.78, 5) is 3.93. The van der Waals surface area contributed by atoms with Crippen LogP contribution in [-0.4, -0.2) is 30.6 Å². The summed E-state index contributed by atoms with van der Waals surface area (Å²) in [6.45, 7) is 0.641. The molecule has 0 saturated carbocycles. The van der Waals surface area contributed by atoms with Crippen LogP contribution in [0.3, 0.4) is 0 Å². The van der Waals surface area contributed by atoms with Gasteiger partial charge in [0.1, 0.15) is 0 Å². The Balaban J connectivity index is 2.19. The Labute approximate surface area is 105 Å². The molecule has 96 valence electrons. The van der Waals surface area contributed by atoms with E-state index >= 15 is 0 Å². The summed E-state index contributed by atoms with van der Waals surface area (Å²) >= 11 is 0. The van der Waals surface area contributed by atoms with Gasteiger partial charge in [0.2, 0.25) is 0 Å². The number of H-pyrrole nitrogens is 1. The second kappa shape index (κ2) is 5.15. The van der Waals surface area contributed by atoms with Gasteiger partial charge in [-0.2, -0.15) is 13.5 Å². The Morgan fingerprint density at radius 1 is 1.33 bits per heavy atom. The Morgan fingerprint density at radius 3 is 2.72 bits per heavy atom. The van der Waals surface area contributed by atoms with E-state index in [4.69, 9.17) is 0 Å². The average molecular weight is 267 g/mol. The minimum absolute atomic E-state index is 0.0245. The van der Waals surface area contributed by atoms with Crippen molar-refractivity contribution in [2.45, 2.75) is 11.6 Å². The van der Waals surface area contributed by atoms with Gasteiger partial charge < -0.3 is 5.32 Å². The van der Waals surface area contributed by atoms with Gasteiger partial charge in [-0.25, -0.2) is 4.98 Å². The standard InChI is InChI=1S/C10H13N5O2S/c1-11-4-8-2-3-10(12-5-8)18(16,17)15-9-6-13-14-7-9/h2-3,5-7,11,15H,4H2,1H3,(H,13,14). The smallest absolute Gasteiger partial charge is 0.279 e. The molecule has 0 bridgehead atoms. The zero-order chi connectivity index (χ0) is 13.0. The van der Waals surface area contributed by atoms with Crippen LogP contribution >= 0.6 is 0 Å². The first kappa shape index (κ1) is 12.5. The quantitative estimate of drug-likeness (QED) is 0.724. The van der Waals surface area contributed by atoms with Crippen LogP contribution in [0.5, 0.6) is 0 Å². The van der Waals surface area contributed by atoms with Crippen molar-refractivity contribution < 1.29 is 8.42 Å². The van der Waals surface area contributed by atoms with Crippen molar-refractivity contribution in [3.63, 3.8) is 0 Å². The average Bonchev–Trinajstić information content (AvgIpc) is 2.82. The van der Waals surface area contributed by atoms with Gasteiger partial charge in [0.15, 0.2) is 5.03 Å². The zero-order valence-corrected chi connectivity index (χ0v) is 10.5. The van der Waals surface area contributed by atoms with E-state index in [2.05, 4.69) is 25.2 Å². The maximum Gasteiger partial charge on any atom is 0.279 e. The summed E-state index contributed by atoms with van der Waals surface area (Å²) in [6, 6.07) is 3.18. The highest BCUT2D eigenvalue weighted by atomic mass is 32.2. The van der Waals surface area contributed by atoms with Crippen molar-refractivity contribution in [2.24, 2.45) is 0 Å². The van der Waals surface area contributed by atoms with E-state index in [9.17, 15) is 8.42 Å². The molecule has 0 amide bonds. The van der Waals surface area contributed by atoms with Crippen LogP contribution in [0.2, 0.25) is 0 Å². The van der Waals surface area contributed by atoms with Crippen LogP contribution in [0.15, 0.2) is 35.7 Å². The van der Waals surface area contributed by atoms with E-state index in [1.165, 1.54) is 24.7 Å². The van der Waals surface area contributed by atoms with E-state index in [0.717, 1.165) is 5.56 Å². The Morgan fingerprint density at radius 2 is 2.17 bits per heavy atom. The van der Waals surface area contributed by atoms with E-state index in [0.29, 0.717) is 12.2 Å². The molecule has 0 aromatic carbocycles. The highest BCUT2D eigenvalue weighted by Crippen LogP contribution is 2.12. The summed E-state index contributed by atoms with van der Waals surface area (Å²) < 4.78 is 26.2. The maximum absolute atomic E-state index is 11.9. The molecule has 8 heteroatoms. The molecule has 0 radical (unpaired) electrons. The van der Waals surface area contributed by atoms with E-state index in [1.54, 1.807) is 6.07 Å². The predicted octanol–water partition coefficient (Wildman–Crippen LogP) is 0.325. The Hall–Kier alpha value is -1.93. The lowest BCUT2D eigenvalue weighted by Gasteiger charge is -2.05. The van der Waals surface area contributed by atoms with Crippen molar-refractivity contribution in [2.75, 3.05) is 11.8 Å². The third-order valence-corrected chi connectivity index (χ3v) is 3.50. The topological polar surface area (TPSA) is 99.8 Å². The van der Waals surface area contributed by atoms with Crippen molar-refractivity contribution in [3.05, 3.63) is 36.3 Å². The van der Waals surface area contributed by atoms with Crippen molar-refractivity contribution in [1.82, 2.24) is 20.5 Å². The number of nitrogens with one attached hydrogen (secondary N) is 3. The summed E-state index contributed by atoms with van der Waals surface area (Å²) in [5.74, 6) is 0. The van der Waals surface area contributed by atoms with E-state index < -0.39 is 10.0 Å². The van der Waals surface area contributed by atoms with Crippen LogP contribution in [0.4, 0.5) is 5.69 Å².